The Kier molecular flexibility index (Phi) is 4.84. The lowest BCUT2D eigenvalue weighted by Gasteiger charge is -2.11. The van der Waals surface area contributed by atoms with Gasteiger partial charge in [0.25, 0.3) is 0 Å². The first-order valence-electron chi connectivity index (χ1n) is 5.64. The highest BCUT2D eigenvalue weighted by Gasteiger charge is 2.16. The maximum atomic E-state index is 11.6. The molecule has 102 valence electrons. The summed E-state index contributed by atoms with van der Waals surface area (Å²) in [5, 5.41) is -0.394. The normalized spacial score (nSPS) is 11.6. The topological polar surface area (TPSA) is 78.6 Å². The summed E-state index contributed by atoms with van der Waals surface area (Å²) in [5.41, 5.74) is 6.18. The van der Waals surface area contributed by atoms with Crippen molar-refractivity contribution >= 4 is 15.5 Å². The van der Waals surface area contributed by atoms with Crippen LogP contribution in [0.2, 0.25) is 0 Å². The summed E-state index contributed by atoms with van der Waals surface area (Å²) in [6.45, 7) is 3.39. The predicted octanol–water partition coefficient (Wildman–Crippen LogP) is 1.48. The van der Waals surface area contributed by atoms with Crippen LogP contribution in [-0.2, 0) is 9.84 Å². The van der Waals surface area contributed by atoms with Crippen molar-refractivity contribution < 1.29 is 17.9 Å². The number of hydrogen-bond donors (Lipinski definition) is 1. The minimum absolute atomic E-state index is 0.0177. The molecule has 0 bridgehead atoms. The van der Waals surface area contributed by atoms with Gasteiger partial charge in [0.1, 0.15) is 18.1 Å². The first-order chi connectivity index (χ1) is 8.36. The molecular formula is C12H19NO4S. The van der Waals surface area contributed by atoms with E-state index in [-0.39, 0.29) is 12.4 Å². The van der Waals surface area contributed by atoms with E-state index in [2.05, 4.69) is 0 Å². The molecule has 0 spiro atoms. The first-order valence-corrected chi connectivity index (χ1v) is 7.36. The van der Waals surface area contributed by atoms with Gasteiger partial charge in [-0.3, -0.25) is 0 Å². The smallest absolute Gasteiger partial charge is 0.155 e. The van der Waals surface area contributed by atoms with Gasteiger partial charge < -0.3 is 15.2 Å². The van der Waals surface area contributed by atoms with Crippen molar-refractivity contribution in [1.82, 2.24) is 0 Å². The van der Waals surface area contributed by atoms with Crippen molar-refractivity contribution in [2.75, 3.05) is 25.2 Å². The summed E-state index contributed by atoms with van der Waals surface area (Å²) in [5.74, 6) is 1.08. The van der Waals surface area contributed by atoms with Gasteiger partial charge in [0.15, 0.2) is 9.84 Å². The SMILES string of the molecule is COc1ccc(OCCS(=O)(=O)C(C)C)c(N)c1. The van der Waals surface area contributed by atoms with Gasteiger partial charge in [-0.15, -0.1) is 0 Å². The molecule has 0 radical (unpaired) electrons. The highest BCUT2D eigenvalue weighted by molar-refractivity contribution is 7.91. The Hall–Kier alpha value is -1.43. The van der Waals surface area contributed by atoms with E-state index >= 15 is 0 Å². The van der Waals surface area contributed by atoms with Crippen molar-refractivity contribution in [3.8, 4) is 11.5 Å². The van der Waals surface area contributed by atoms with E-state index in [0.717, 1.165) is 0 Å². The van der Waals surface area contributed by atoms with Crippen LogP contribution in [0.5, 0.6) is 11.5 Å². The summed E-state index contributed by atoms with van der Waals surface area (Å²) in [6.07, 6.45) is 0. The molecule has 2 N–H and O–H groups in total. The highest BCUT2D eigenvalue weighted by atomic mass is 32.2. The average Bonchev–Trinajstić information content (AvgIpc) is 2.30. The van der Waals surface area contributed by atoms with Crippen molar-refractivity contribution in [1.29, 1.82) is 0 Å². The molecule has 0 fully saturated rings. The molecule has 0 saturated carbocycles. The van der Waals surface area contributed by atoms with Gasteiger partial charge in [-0.1, -0.05) is 0 Å². The van der Waals surface area contributed by atoms with E-state index in [1.807, 2.05) is 0 Å². The average molecular weight is 273 g/mol. The molecule has 6 heteroatoms. The molecule has 0 aromatic heterocycles. The highest BCUT2D eigenvalue weighted by Crippen LogP contribution is 2.26. The fourth-order valence-electron chi connectivity index (χ4n) is 1.29. The third-order valence-corrected chi connectivity index (χ3v) is 4.73. The van der Waals surface area contributed by atoms with Crippen LogP contribution in [0.4, 0.5) is 5.69 Å². The maximum absolute atomic E-state index is 11.6. The second kappa shape index (κ2) is 5.95. The fourth-order valence-corrected chi connectivity index (χ4v) is 2.08. The number of sulfone groups is 1. The molecule has 0 saturated heterocycles. The summed E-state index contributed by atoms with van der Waals surface area (Å²) >= 11 is 0. The lowest BCUT2D eigenvalue weighted by molar-refractivity contribution is 0.341. The molecule has 1 aromatic carbocycles. The molecule has 0 amide bonds. The van der Waals surface area contributed by atoms with Gasteiger partial charge in [0.05, 0.1) is 23.8 Å². The zero-order chi connectivity index (χ0) is 13.8. The molecule has 0 aliphatic rings. The van der Waals surface area contributed by atoms with Crippen LogP contribution in [0.3, 0.4) is 0 Å². The fraction of sp³-hybridized carbons (Fsp3) is 0.500. The Bertz CT molecular complexity index is 497. The summed E-state index contributed by atoms with van der Waals surface area (Å²) in [7, 11) is -1.54. The molecule has 0 aliphatic heterocycles. The van der Waals surface area contributed by atoms with Crippen LogP contribution in [0.1, 0.15) is 13.8 Å². The zero-order valence-electron chi connectivity index (χ0n) is 10.8. The second-order valence-corrected chi connectivity index (χ2v) is 6.84. The Morgan fingerprint density at radius 2 is 2.00 bits per heavy atom. The Morgan fingerprint density at radius 1 is 1.33 bits per heavy atom. The Balaban J connectivity index is 2.60. The molecule has 1 aromatic rings. The minimum Gasteiger partial charge on any atom is -0.497 e. The molecule has 18 heavy (non-hydrogen) atoms. The van der Waals surface area contributed by atoms with Crippen LogP contribution in [0, 0.1) is 0 Å². The number of anilines is 1. The summed E-state index contributed by atoms with van der Waals surface area (Å²) < 4.78 is 33.5. The van der Waals surface area contributed by atoms with E-state index < -0.39 is 15.1 Å². The predicted molar refractivity (Wildman–Crippen MR) is 71.8 cm³/mol. The third kappa shape index (κ3) is 3.80. The number of hydrogen-bond acceptors (Lipinski definition) is 5. The van der Waals surface area contributed by atoms with E-state index in [1.54, 1.807) is 39.2 Å². The lowest BCUT2D eigenvalue weighted by atomic mass is 10.3. The molecule has 0 heterocycles. The van der Waals surface area contributed by atoms with E-state index in [9.17, 15) is 8.42 Å². The van der Waals surface area contributed by atoms with Crippen molar-refractivity contribution in [2.45, 2.75) is 19.1 Å². The third-order valence-electron chi connectivity index (χ3n) is 2.56. The summed E-state index contributed by atoms with van der Waals surface area (Å²) in [6, 6.07) is 5.01. The number of rotatable bonds is 6. The van der Waals surface area contributed by atoms with E-state index in [0.29, 0.717) is 17.2 Å². The standard InChI is InChI=1S/C12H19NO4S/c1-9(2)18(14,15)7-6-17-12-5-4-10(16-3)8-11(12)13/h4-5,8-9H,6-7,13H2,1-3H3. The van der Waals surface area contributed by atoms with Gasteiger partial charge >= 0.3 is 0 Å². The Labute approximate surface area is 108 Å². The summed E-state index contributed by atoms with van der Waals surface area (Å²) in [4.78, 5) is 0. The van der Waals surface area contributed by atoms with E-state index in [4.69, 9.17) is 15.2 Å². The number of benzene rings is 1. The van der Waals surface area contributed by atoms with E-state index in [1.165, 1.54) is 0 Å². The van der Waals surface area contributed by atoms with Gasteiger partial charge in [-0.05, 0) is 26.0 Å². The number of methoxy groups -OCH3 is 1. The Morgan fingerprint density at radius 3 is 2.50 bits per heavy atom. The molecule has 5 nitrogen and oxygen atoms in total. The van der Waals surface area contributed by atoms with Crippen LogP contribution in [0.15, 0.2) is 18.2 Å². The molecule has 0 aliphatic carbocycles. The van der Waals surface area contributed by atoms with Crippen molar-refractivity contribution in [3.63, 3.8) is 0 Å². The zero-order valence-corrected chi connectivity index (χ0v) is 11.7. The monoisotopic (exact) mass is 273 g/mol. The molecule has 1 rings (SSSR count). The van der Waals surface area contributed by atoms with Gasteiger partial charge in [-0.2, -0.15) is 0 Å². The van der Waals surface area contributed by atoms with Gasteiger partial charge in [0.2, 0.25) is 0 Å². The molecule has 0 atom stereocenters. The van der Waals surface area contributed by atoms with Gasteiger partial charge in [-0.25, -0.2) is 8.42 Å². The van der Waals surface area contributed by atoms with Crippen LogP contribution in [-0.4, -0.2) is 33.1 Å². The number of nitrogens with two attached hydrogens (primary N) is 1. The van der Waals surface area contributed by atoms with Gasteiger partial charge in [0, 0.05) is 6.07 Å². The molecule has 0 unspecified atom stereocenters. The van der Waals surface area contributed by atoms with Crippen LogP contribution in [0.25, 0.3) is 0 Å². The molecular weight excluding hydrogens is 254 g/mol. The van der Waals surface area contributed by atoms with Crippen molar-refractivity contribution in [2.24, 2.45) is 0 Å². The maximum Gasteiger partial charge on any atom is 0.155 e. The number of ether oxygens (including phenoxy) is 2. The van der Waals surface area contributed by atoms with Crippen molar-refractivity contribution in [3.05, 3.63) is 18.2 Å². The second-order valence-electron chi connectivity index (χ2n) is 4.17. The largest absolute Gasteiger partial charge is 0.497 e. The van der Waals surface area contributed by atoms with Crippen LogP contribution >= 0.6 is 0 Å². The lowest BCUT2D eigenvalue weighted by Crippen LogP contribution is -2.22. The number of nitrogen functional groups attached to an aromatic ring is 1. The minimum atomic E-state index is -3.08. The quantitative estimate of drug-likeness (QED) is 0.794. The van der Waals surface area contributed by atoms with Crippen LogP contribution < -0.4 is 15.2 Å². The first kappa shape index (κ1) is 14.6.